The fourth-order valence-electron chi connectivity index (χ4n) is 4.67. The Kier molecular flexibility index (Phi) is 8.91. The normalized spacial score (nSPS) is 18.2. The molecule has 1 aliphatic heterocycles. The summed E-state index contributed by atoms with van der Waals surface area (Å²) in [6, 6.07) is 13.6. The monoisotopic (exact) mass is 522 g/mol. The third-order valence-electron chi connectivity index (χ3n) is 6.81. The highest BCUT2D eigenvalue weighted by Crippen LogP contribution is 2.29. The third kappa shape index (κ3) is 7.26. The molecule has 1 atom stereocenters. The number of methoxy groups -OCH3 is 1. The molecule has 1 aliphatic rings. The number of imidazole rings is 1. The minimum absolute atomic E-state index is 0.0612. The molecule has 0 unspecified atom stereocenters. The summed E-state index contributed by atoms with van der Waals surface area (Å²) in [5.41, 5.74) is 0.943. The molecule has 0 aliphatic carbocycles. The van der Waals surface area contributed by atoms with E-state index in [-0.39, 0.29) is 19.1 Å². The highest BCUT2D eigenvalue weighted by molar-refractivity contribution is 5.73. The standard InChI is InChI=1S/C29H38N4O5/c1-22-5-8-26(9-6-22)38-21-29(35)19-31(13-14-33(20-29)24(3)34)18-25-7-10-27(36-4)28(17-25)37-16-15-32-12-11-30-23(32)2/h5-12,17,35H,13-16,18-21H2,1-4H3/t29-/m1/s1. The Balaban J connectivity index is 1.44. The number of carbonyl (C=O) groups excluding carboxylic acids is 1. The van der Waals surface area contributed by atoms with Crippen LogP contribution in [0.15, 0.2) is 54.9 Å². The van der Waals surface area contributed by atoms with Gasteiger partial charge in [-0.1, -0.05) is 23.8 Å². The average Bonchev–Trinajstić information content (AvgIpc) is 3.22. The molecule has 0 spiro atoms. The number of aryl methyl sites for hydroxylation is 2. The second-order valence-electron chi connectivity index (χ2n) is 9.98. The Morgan fingerprint density at radius 2 is 1.84 bits per heavy atom. The van der Waals surface area contributed by atoms with Gasteiger partial charge >= 0.3 is 0 Å². The number of hydrogen-bond donors (Lipinski definition) is 1. The number of carbonyl (C=O) groups is 1. The number of nitrogens with zero attached hydrogens (tertiary/aromatic N) is 4. The predicted octanol–water partition coefficient (Wildman–Crippen LogP) is 3.06. The van der Waals surface area contributed by atoms with Crippen LogP contribution in [-0.4, -0.2) is 82.5 Å². The number of amides is 1. The molecule has 1 amide bonds. The molecule has 1 fully saturated rings. The fraction of sp³-hybridized carbons (Fsp3) is 0.448. The van der Waals surface area contributed by atoms with Crippen LogP contribution in [0.4, 0.5) is 0 Å². The largest absolute Gasteiger partial charge is 0.493 e. The SMILES string of the molecule is COc1ccc(CN2CCN(C(C)=O)C[C@@](O)(COc3ccc(C)cc3)C2)cc1OCCn1ccnc1C. The van der Waals surface area contributed by atoms with Crippen LogP contribution < -0.4 is 14.2 Å². The van der Waals surface area contributed by atoms with Crippen LogP contribution in [0.3, 0.4) is 0 Å². The molecule has 0 saturated carbocycles. The maximum atomic E-state index is 12.3. The van der Waals surface area contributed by atoms with Gasteiger partial charge in [-0.2, -0.15) is 0 Å². The van der Waals surface area contributed by atoms with Crippen molar-refractivity contribution in [1.29, 1.82) is 0 Å². The number of aromatic nitrogens is 2. The van der Waals surface area contributed by atoms with Gasteiger partial charge in [0.25, 0.3) is 0 Å². The number of hydrogen-bond acceptors (Lipinski definition) is 7. The maximum Gasteiger partial charge on any atom is 0.219 e. The number of β-amino-alcohol motifs (C(OH)–C–C–N with tert-alkyl or cyclic N) is 1. The smallest absolute Gasteiger partial charge is 0.219 e. The maximum absolute atomic E-state index is 12.3. The van der Waals surface area contributed by atoms with Gasteiger partial charge in [-0.3, -0.25) is 9.69 Å². The molecular weight excluding hydrogens is 484 g/mol. The summed E-state index contributed by atoms with van der Waals surface area (Å²) in [6.45, 7) is 9.09. The molecule has 9 nitrogen and oxygen atoms in total. The van der Waals surface area contributed by atoms with Gasteiger partial charge in [0, 0.05) is 45.5 Å². The van der Waals surface area contributed by atoms with E-state index >= 15 is 0 Å². The molecule has 2 heterocycles. The Morgan fingerprint density at radius 3 is 2.53 bits per heavy atom. The van der Waals surface area contributed by atoms with Crippen molar-refractivity contribution in [2.75, 3.05) is 46.5 Å². The van der Waals surface area contributed by atoms with Crippen molar-refractivity contribution >= 4 is 5.91 Å². The van der Waals surface area contributed by atoms with E-state index < -0.39 is 5.60 Å². The fourth-order valence-corrected chi connectivity index (χ4v) is 4.67. The lowest BCUT2D eigenvalue weighted by molar-refractivity contribution is -0.132. The van der Waals surface area contributed by atoms with E-state index in [0.717, 1.165) is 17.0 Å². The summed E-state index contributed by atoms with van der Waals surface area (Å²) in [6.07, 6.45) is 3.71. The van der Waals surface area contributed by atoms with Crippen LogP contribution in [-0.2, 0) is 17.9 Å². The lowest BCUT2D eigenvalue weighted by atomic mass is 10.0. The quantitative estimate of drug-likeness (QED) is 0.438. The van der Waals surface area contributed by atoms with Crippen molar-refractivity contribution in [1.82, 2.24) is 19.4 Å². The van der Waals surface area contributed by atoms with Crippen molar-refractivity contribution in [2.45, 2.75) is 39.5 Å². The van der Waals surface area contributed by atoms with Crippen molar-refractivity contribution in [3.05, 3.63) is 71.8 Å². The van der Waals surface area contributed by atoms with Crippen LogP contribution in [0.1, 0.15) is 23.9 Å². The molecule has 1 N–H and O–H groups in total. The number of rotatable bonds is 10. The predicted molar refractivity (Wildman–Crippen MR) is 145 cm³/mol. The molecule has 4 rings (SSSR count). The van der Waals surface area contributed by atoms with Gasteiger partial charge in [0.05, 0.1) is 20.2 Å². The van der Waals surface area contributed by atoms with Gasteiger partial charge in [-0.05, 0) is 43.7 Å². The molecule has 0 radical (unpaired) electrons. The molecule has 9 heteroatoms. The van der Waals surface area contributed by atoms with Gasteiger partial charge in [0.1, 0.15) is 30.4 Å². The lowest BCUT2D eigenvalue weighted by Gasteiger charge is -2.32. The second kappa shape index (κ2) is 12.3. The molecule has 1 saturated heterocycles. The van der Waals surface area contributed by atoms with E-state index in [9.17, 15) is 9.90 Å². The van der Waals surface area contributed by atoms with E-state index in [2.05, 4.69) is 9.88 Å². The minimum atomic E-state index is -1.22. The lowest BCUT2D eigenvalue weighted by Crippen LogP contribution is -2.51. The first-order valence-electron chi connectivity index (χ1n) is 12.9. The van der Waals surface area contributed by atoms with E-state index in [0.29, 0.717) is 56.6 Å². The highest BCUT2D eigenvalue weighted by atomic mass is 16.5. The van der Waals surface area contributed by atoms with Gasteiger partial charge < -0.3 is 28.8 Å². The van der Waals surface area contributed by atoms with Crippen LogP contribution in [0, 0.1) is 13.8 Å². The summed E-state index contributed by atoms with van der Waals surface area (Å²) in [5, 5.41) is 11.6. The zero-order valence-electron chi connectivity index (χ0n) is 22.7. The van der Waals surface area contributed by atoms with E-state index in [1.54, 1.807) is 18.2 Å². The van der Waals surface area contributed by atoms with Gasteiger partial charge in [-0.15, -0.1) is 0 Å². The Hall–Kier alpha value is -3.56. The number of ether oxygens (including phenoxy) is 3. The average molecular weight is 523 g/mol. The number of benzene rings is 2. The Bertz CT molecular complexity index is 1210. The van der Waals surface area contributed by atoms with Crippen LogP contribution in [0.25, 0.3) is 0 Å². The molecule has 2 aromatic carbocycles. The topological polar surface area (TPSA) is 89.3 Å². The van der Waals surface area contributed by atoms with Crippen LogP contribution in [0.2, 0.25) is 0 Å². The zero-order valence-corrected chi connectivity index (χ0v) is 22.7. The van der Waals surface area contributed by atoms with E-state index in [1.807, 2.05) is 67.1 Å². The summed E-state index contributed by atoms with van der Waals surface area (Å²) < 4.78 is 19.6. The van der Waals surface area contributed by atoms with Crippen molar-refractivity contribution < 1.29 is 24.1 Å². The second-order valence-corrected chi connectivity index (χ2v) is 9.98. The Labute approximate surface area is 224 Å². The first-order chi connectivity index (χ1) is 18.2. The zero-order chi connectivity index (χ0) is 27.1. The Morgan fingerprint density at radius 1 is 1.05 bits per heavy atom. The van der Waals surface area contributed by atoms with Crippen LogP contribution in [0.5, 0.6) is 17.2 Å². The summed E-state index contributed by atoms with van der Waals surface area (Å²) in [7, 11) is 1.63. The van der Waals surface area contributed by atoms with Crippen LogP contribution >= 0.6 is 0 Å². The summed E-state index contributed by atoms with van der Waals surface area (Å²) in [5.74, 6) is 2.90. The summed E-state index contributed by atoms with van der Waals surface area (Å²) in [4.78, 5) is 20.4. The van der Waals surface area contributed by atoms with Crippen molar-refractivity contribution in [2.24, 2.45) is 0 Å². The first kappa shape index (κ1) is 27.5. The van der Waals surface area contributed by atoms with Gasteiger partial charge in [-0.25, -0.2) is 4.98 Å². The number of aliphatic hydroxyl groups is 1. The summed E-state index contributed by atoms with van der Waals surface area (Å²) >= 11 is 0. The molecule has 1 aromatic heterocycles. The van der Waals surface area contributed by atoms with E-state index in [4.69, 9.17) is 14.2 Å². The van der Waals surface area contributed by atoms with E-state index in [1.165, 1.54) is 6.92 Å². The molecule has 38 heavy (non-hydrogen) atoms. The molecule has 3 aromatic rings. The minimum Gasteiger partial charge on any atom is -0.493 e. The van der Waals surface area contributed by atoms with Crippen molar-refractivity contribution in [3.8, 4) is 17.2 Å². The highest BCUT2D eigenvalue weighted by Gasteiger charge is 2.37. The van der Waals surface area contributed by atoms with Gasteiger partial charge in [0.15, 0.2) is 11.5 Å². The van der Waals surface area contributed by atoms with Crippen molar-refractivity contribution in [3.63, 3.8) is 0 Å². The molecule has 0 bridgehead atoms. The molecular formula is C29H38N4O5. The molecule has 204 valence electrons. The third-order valence-corrected chi connectivity index (χ3v) is 6.81. The first-order valence-corrected chi connectivity index (χ1v) is 12.9. The van der Waals surface area contributed by atoms with Gasteiger partial charge in [0.2, 0.25) is 5.91 Å².